The van der Waals surface area contributed by atoms with Crippen LogP contribution in [0.3, 0.4) is 0 Å². The third-order valence-electron chi connectivity index (χ3n) is 3.54. The van der Waals surface area contributed by atoms with Crippen LogP contribution in [0.4, 0.5) is 0 Å². The van der Waals surface area contributed by atoms with E-state index in [1.165, 1.54) is 11.8 Å². The maximum Gasteiger partial charge on any atom is 0.264 e. The lowest BCUT2D eigenvalue weighted by molar-refractivity contribution is -0.0460. The summed E-state index contributed by atoms with van der Waals surface area (Å²) in [5.41, 5.74) is 1.58. The molecule has 0 radical (unpaired) electrons. The van der Waals surface area contributed by atoms with Gasteiger partial charge in [-0.05, 0) is 29.8 Å². The molecule has 26 heavy (non-hydrogen) atoms. The van der Waals surface area contributed by atoms with E-state index >= 15 is 0 Å². The molecule has 0 amide bonds. The van der Waals surface area contributed by atoms with Crippen molar-refractivity contribution in [3.8, 4) is 0 Å². The van der Waals surface area contributed by atoms with E-state index in [0.717, 1.165) is 26.1 Å². The Kier molecular flexibility index (Phi) is 6.66. The zero-order valence-electron chi connectivity index (χ0n) is 13.8. The summed E-state index contributed by atoms with van der Waals surface area (Å²) < 4.78 is 39.8. The second kappa shape index (κ2) is 8.60. The molecule has 0 saturated carbocycles. The van der Waals surface area contributed by atoms with Crippen LogP contribution in [-0.4, -0.2) is 27.9 Å². The van der Waals surface area contributed by atoms with Crippen molar-refractivity contribution in [2.24, 2.45) is 0 Å². The maximum atomic E-state index is 11.3. The summed E-state index contributed by atoms with van der Waals surface area (Å²) in [6.07, 6.45) is 0.583. The van der Waals surface area contributed by atoms with Crippen molar-refractivity contribution in [1.29, 1.82) is 0 Å². The normalized spacial score (nSPS) is 15.5. The standard InChI is InChI=1S/C17H16BrClO5S2/c1-26(20,21)24-10-11-3-2-4-14(19)16(11)25-15-6-5-12(18)9-13(15)17-22-7-8-23-17/h2-6,9,17H,7-8,10H2,1H3. The Morgan fingerprint density at radius 3 is 2.69 bits per heavy atom. The predicted octanol–water partition coefficient (Wildman–Crippen LogP) is 4.78. The van der Waals surface area contributed by atoms with E-state index in [1.54, 1.807) is 18.2 Å². The second-order valence-electron chi connectivity index (χ2n) is 5.55. The molecule has 5 nitrogen and oxygen atoms in total. The van der Waals surface area contributed by atoms with Crippen molar-refractivity contribution < 1.29 is 22.1 Å². The Morgan fingerprint density at radius 2 is 2.00 bits per heavy atom. The van der Waals surface area contributed by atoms with Crippen LogP contribution in [0.5, 0.6) is 0 Å². The van der Waals surface area contributed by atoms with Crippen molar-refractivity contribution >= 4 is 49.4 Å². The fourth-order valence-electron chi connectivity index (χ4n) is 2.40. The van der Waals surface area contributed by atoms with Crippen LogP contribution < -0.4 is 0 Å². The Balaban J connectivity index is 1.94. The van der Waals surface area contributed by atoms with Gasteiger partial charge in [0.1, 0.15) is 0 Å². The molecule has 1 aliphatic rings. The highest BCUT2D eigenvalue weighted by molar-refractivity contribution is 9.10. The van der Waals surface area contributed by atoms with Gasteiger partial charge in [0, 0.05) is 19.8 Å². The van der Waals surface area contributed by atoms with E-state index in [0.29, 0.717) is 23.8 Å². The summed E-state index contributed by atoms with van der Waals surface area (Å²) in [7, 11) is -3.55. The third kappa shape index (κ3) is 5.22. The van der Waals surface area contributed by atoms with Gasteiger partial charge in [-0.2, -0.15) is 8.42 Å². The Labute approximate surface area is 170 Å². The quantitative estimate of drug-likeness (QED) is 0.556. The molecule has 1 fully saturated rings. The molecule has 1 saturated heterocycles. The smallest absolute Gasteiger partial charge is 0.264 e. The van der Waals surface area contributed by atoms with Crippen molar-refractivity contribution in [2.45, 2.75) is 22.7 Å². The minimum atomic E-state index is -3.55. The summed E-state index contributed by atoms with van der Waals surface area (Å²) in [6, 6.07) is 11.1. The lowest BCUT2D eigenvalue weighted by Crippen LogP contribution is -2.04. The van der Waals surface area contributed by atoms with Crippen molar-refractivity contribution in [1.82, 2.24) is 0 Å². The first-order valence-corrected chi connectivity index (χ1v) is 11.5. The molecular formula is C17H16BrClO5S2. The molecule has 1 aliphatic heterocycles. The van der Waals surface area contributed by atoms with Crippen molar-refractivity contribution in [2.75, 3.05) is 19.5 Å². The summed E-state index contributed by atoms with van der Waals surface area (Å²) in [6.45, 7) is 1.01. The monoisotopic (exact) mass is 478 g/mol. The first-order valence-electron chi connectivity index (χ1n) is 7.66. The predicted molar refractivity (Wildman–Crippen MR) is 104 cm³/mol. The van der Waals surface area contributed by atoms with Crippen LogP contribution in [0.25, 0.3) is 0 Å². The first-order chi connectivity index (χ1) is 12.3. The van der Waals surface area contributed by atoms with Gasteiger partial charge in [-0.15, -0.1) is 0 Å². The van der Waals surface area contributed by atoms with E-state index in [1.807, 2.05) is 18.2 Å². The van der Waals surface area contributed by atoms with Gasteiger partial charge in [0.15, 0.2) is 6.29 Å². The molecule has 2 aromatic rings. The van der Waals surface area contributed by atoms with Gasteiger partial charge in [-0.3, -0.25) is 4.18 Å². The van der Waals surface area contributed by atoms with Crippen LogP contribution in [0, 0.1) is 0 Å². The van der Waals surface area contributed by atoms with E-state index < -0.39 is 16.4 Å². The van der Waals surface area contributed by atoms with Gasteiger partial charge in [0.2, 0.25) is 0 Å². The number of hydrogen-bond acceptors (Lipinski definition) is 6. The molecule has 0 aromatic heterocycles. The molecule has 0 atom stereocenters. The summed E-state index contributed by atoms with van der Waals surface area (Å²) >= 11 is 11.3. The molecule has 0 spiro atoms. The van der Waals surface area contributed by atoms with E-state index in [4.69, 9.17) is 25.3 Å². The van der Waals surface area contributed by atoms with Gasteiger partial charge in [0.25, 0.3) is 10.1 Å². The Hall–Kier alpha value is -0.610. The topological polar surface area (TPSA) is 61.8 Å². The van der Waals surface area contributed by atoms with Crippen LogP contribution in [-0.2, 0) is 30.4 Å². The molecule has 2 aromatic carbocycles. The summed E-state index contributed by atoms with van der Waals surface area (Å²) in [4.78, 5) is 1.65. The lowest BCUT2D eigenvalue weighted by atomic mass is 10.2. The van der Waals surface area contributed by atoms with Crippen molar-refractivity contribution in [3.63, 3.8) is 0 Å². The molecular weight excluding hydrogens is 464 g/mol. The van der Waals surface area contributed by atoms with Gasteiger partial charge in [-0.1, -0.05) is 51.4 Å². The number of ether oxygens (including phenoxy) is 2. The largest absolute Gasteiger partial charge is 0.346 e. The van der Waals surface area contributed by atoms with Crippen molar-refractivity contribution in [3.05, 3.63) is 57.0 Å². The van der Waals surface area contributed by atoms with Gasteiger partial charge in [0.05, 0.1) is 31.1 Å². The van der Waals surface area contributed by atoms with E-state index in [9.17, 15) is 8.42 Å². The second-order valence-corrected chi connectivity index (χ2v) is 9.57. The van der Waals surface area contributed by atoms with Gasteiger partial charge in [-0.25, -0.2) is 0 Å². The Morgan fingerprint density at radius 1 is 1.27 bits per heavy atom. The van der Waals surface area contributed by atoms with E-state index in [-0.39, 0.29) is 6.61 Å². The maximum absolute atomic E-state index is 11.3. The highest BCUT2D eigenvalue weighted by atomic mass is 79.9. The minimum absolute atomic E-state index is 0.0793. The molecule has 0 N–H and O–H groups in total. The lowest BCUT2D eigenvalue weighted by Gasteiger charge is -2.17. The molecule has 140 valence electrons. The zero-order chi connectivity index (χ0) is 18.7. The fourth-order valence-corrected chi connectivity index (χ4v) is 4.48. The number of halogens is 2. The fraction of sp³-hybridized carbons (Fsp3) is 0.294. The molecule has 0 bridgehead atoms. The number of benzene rings is 2. The van der Waals surface area contributed by atoms with Gasteiger partial charge >= 0.3 is 0 Å². The highest BCUT2D eigenvalue weighted by Crippen LogP contribution is 2.41. The summed E-state index contributed by atoms with van der Waals surface area (Å²) in [5.74, 6) is 0. The van der Waals surface area contributed by atoms with Crippen LogP contribution >= 0.6 is 39.3 Å². The minimum Gasteiger partial charge on any atom is -0.346 e. The molecule has 0 aliphatic carbocycles. The molecule has 9 heteroatoms. The van der Waals surface area contributed by atoms with E-state index in [2.05, 4.69) is 15.9 Å². The Bertz CT molecular complexity index is 898. The third-order valence-corrected chi connectivity index (χ3v) is 6.28. The van der Waals surface area contributed by atoms with Gasteiger partial charge < -0.3 is 9.47 Å². The molecule has 0 unspecified atom stereocenters. The zero-order valence-corrected chi connectivity index (χ0v) is 17.8. The number of hydrogen-bond donors (Lipinski definition) is 0. The SMILES string of the molecule is CS(=O)(=O)OCc1cccc(Cl)c1Sc1ccc(Br)cc1C1OCCO1. The van der Waals surface area contributed by atoms with Crippen LogP contribution in [0.2, 0.25) is 5.02 Å². The average molecular weight is 480 g/mol. The number of rotatable bonds is 6. The highest BCUT2D eigenvalue weighted by Gasteiger charge is 2.23. The molecule has 3 rings (SSSR count). The summed E-state index contributed by atoms with van der Waals surface area (Å²) in [5, 5.41) is 0.520. The first kappa shape index (κ1) is 20.1. The van der Waals surface area contributed by atoms with Crippen LogP contribution in [0.1, 0.15) is 17.4 Å². The van der Waals surface area contributed by atoms with Crippen LogP contribution in [0.15, 0.2) is 50.7 Å². The average Bonchev–Trinajstić information content (AvgIpc) is 3.10. The molecule has 1 heterocycles.